The molecular formula is C25H21Br2ClO5. The van der Waals surface area contributed by atoms with Crippen LogP contribution in [0.4, 0.5) is 0 Å². The van der Waals surface area contributed by atoms with Crippen molar-refractivity contribution >= 4 is 55.2 Å². The number of ketones is 1. The van der Waals surface area contributed by atoms with Crippen LogP contribution in [0, 0.1) is 0 Å². The van der Waals surface area contributed by atoms with Gasteiger partial charge in [0.15, 0.2) is 11.5 Å². The highest BCUT2D eigenvalue weighted by atomic mass is 79.9. The first-order valence-corrected chi connectivity index (χ1v) is 12.0. The lowest BCUT2D eigenvalue weighted by Crippen LogP contribution is -2.07. The van der Waals surface area contributed by atoms with Crippen LogP contribution in [0.2, 0.25) is 5.02 Å². The lowest BCUT2D eigenvalue weighted by atomic mass is 9.95. The largest absolute Gasteiger partial charge is 0.496 e. The molecule has 0 amide bonds. The van der Waals surface area contributed by atoms with Gasteiger partial charge in [0.05, 0.1) is 28.0 Å². The summed E-state index contributed by atoms with van der Waals surface area (Å²) >= 11 is 12.9. The Bertz CT molecular complexity index is 1180. The van der Waals surface area contributed by atoms with Gasteiger partial charge in [0.1, 0.15) is 11.5 Å². The number of hydrogen-bond acceptors (Lipinski definition) is 4. The molecule has 0 aromatic heterocycles. The van der Waals surface area contributed by atoms with Gasteiger partial charge in [-0.3, -0.25) is 9.59 Å². The van der Waals surface area contributed by atoms with Crippen molar-refractivity contribution in [3.8, 4) is 17.2 Å². The third-order valence-electron chi connectivity index (χ3n) is 4.93. The van der Waals surface area contributed by atoms with Crippen LogP contribution in [0.5, 0.6) is 17.2 Å². The van der Waals surface area contributed by atoms with Gasteiger partial charge in [-0.2, -0.15) is 0 Å². The molecule has 8 heteroatoms. The van der Waals surface area contributed by atoms with Gasteiger partial charge in [-0.1, -0.05) is 25.4 Å². The molecule has 0 spiro atoms. The maximum absolute atomic E-state index is 13.4. The standard InChI is InChI=1S/C25H21Br2ClO5/c1-13(2)17-11-22(33-25-19(26)8-14(9-20(25)27)10-23(29)30)18(12-21(17)32-3)24(31)15-4-6-16(28)7-5-15/h4-9,11-13H,10H2,1-3H3,(H,29,30). The number of methoxy groups -OCH3 is 1. The second-order valence-electron chi connectivity index (χ2n) is 7.64. The molecule has 0 heterocycles. The SMILES string of the molecule is COc1cc(C(=O)c2ccc(Cl)cc2)c(Oc2c(Br)cc(CC(=O)O)cc2Br)cc1C(C)C. The van der Waals surface area contributed by atoms with Crippen LogP contribution < -0.4 is 9.47 Å². The van der Waals surface area contributed by atoms with E-state index in [0.29, 0.717) is 47.9 Å². The first-order chi connectivity index (χ1) is 15.6. The van der Waals surface area contributed by atoms with Gasteiger partial charge in [-0.05, 0) is 91.9 Å². The number of carbonyl (C=O) groups is 2. The molecule has 0 saturated carbocycles. The summed E-state index contributed by atoms with van der Waals surface area (Å²) in [5, 5.41) is 9.62. The fraction of sp³-hybridized carbons (Fsp3) is 0.200. The van der Waals surface area contributed by atoms with E-state index < -0.39 is 5.97 Å². The smallest absolute Gasteiger partial charge is 0.307 e. The number of carbonyl (C=O) groups excluding carboxylic acids is 1. The predicted octanol–water partition coefficient (Wildman–Crippen LogP) is 7.65. The van der Waals surface area contributed by atoms with E-state index in [9.17, 15) is 9.59 Å². The summed E-state index contributed by atoms with van der Waals surface area (Å²) in [5.74, 6) is 0.303. The number of carboxylic acid groups (broad SMARTS) is 1. The van der Waals surface area contributed by atoms with E-state index in [1.165, 1.54) is 0 Å². The molecule has 0 radical (unpaired) electrons. The van der Waals surface area contributed by atoms with Crippen LogP contribution >= 0.6 is 43.5 Å². The monoisotopic (exact) mass is 594 g/mol. The first kappa shape index (κ1) is 25.3. The minimum Gasteiger partial charge on any atom is -0.496 e. The fourth-order valence-electron chi connectivity index (χ4n) is 3.32. The topological polar surface area (TPSA) is 72.8 Å². The number of carboxylic acids is 1. The molecule has 33 heavy (non-hydrogen) atoms. The third-order valence-corrected chi connectivity index (χ3v) is 6.36. The van der Waals surface area contributed by atoms with E-state index >= 15 is 0 Å². The molecule has 0 unspecified atom stereocenters. The van der Waals surface area contributed by atoms with Crippen LogP contribution in [0.15, 0.2) is 57.5 Å². The molecule has 3 aromatic carbocycles. The second-order valence-corrected chi connectivity index (χ2v) is 9.79. The number of halogens is 3. The summed E-state index contributed by atoms with van der Waals surface area (Å²) in [6, 6.07) is 13.5. The molecule has 3 aromatic rings. The fourth-order valence-corrected chi connectivity index (χ4v) is 4.89. The molecule has 0 bridgehead atoms. The predicted molar refractivity (Wildman–Crippen MR) is 135 cm³/mol. The maximum Gasteiger partial charge on any atom is 0.307 e. The van der Waals surface area contributed by atoms with E-state index in [4.69, 9.17) is 26.2 Å². The van der Waals surface area contributed by atoms with Crippen molar-refractivity contribution in [2.75, 3.05) is 7.11 Å². The molecule has 0 aliphatic carbocycles. The van der Waals surface area contributed by atoms with Gasteiger partial charge in [0.25, 0.3) is 0 Å². The molecule has 5 nitrogen and oxygen atoms in total. The Morgan fingerprint density at radius 2 is 1.61 bits per heavy atom. The van der Waals surface area contributed by atoms with Crippen molar-refractivity contribution in [2.24, 2.45) is 0 Å². The van der Waals surface area contributed by atoms with Crippen molar-refractivity contribution in [3.63, 3.8) is 0 Å². The molecule has 0 atom stereocenters. The zero-order valence-electron chi connectivity index (χ0n) is 18.1. The quantitative estimate of drug-likeness (QED) is 0.271. The Kier molecular flexibility index (Phi) is 8.21. The number of rotatable bonds is 8. The van der Waals surface area contributed by atoms with Gasteiger partial charge in [-0.25, -0.2) is 0 Å². The molecular weight excluding hydrogens is 576 g/mol. The van der Waals surface area contributed by atoms with Crippen molar-refractivity contribution in [1.29, 1.82) is 0 Å². The minimum absolute atomic E-state index is 0.117. The number of ether oxygens (including phenoxy) is 2. The minimum atomic E-state index is -0.935. The summed E-state index contributed by atoms with van der Waals surface area (Å²) in [5.41, 5.74) is 2.27. The number of hydrogen-bond donors (Lipinski definition) is 1. The Morgan fingerprint density at radius 3 is 2.12 bits per heavy atom. The van der Waals surface area contributed by atoms with E-state index in [2.05, 4.69) is 31.9 Å². The summed E-state index contributed by atoms with van der Waals surface area (Å²) in [7, 11) is 1.56. The van der Waals surface area contributed by atoms with Gasteiger partial charge < -0.3 is 14.6 Å². The van der Waals surface area contributed by atoms with E-state index in [0.717, 1.165) is 5.56 Å². The highest BCUT2D eigenvalue weighted by Crippen LogP contribution is 2.42. The number of aliphatic carboxylic acids is 1. The van der Waals surface area contributed by atoms with E-state index in [-0.39, 0.29) is 18.1 Å². The summed E-state index contributed by atoms with van der Waals surface area (Å²) in [6.45, 7) is 4.05. The van der Waals surface area contributed by atoms with Gasteiger partial charge in [-0.15, -0.1) is 0 Å². The van der Waals surface area contributed by atoms with E-state index in [1.807, 2.05) is 13.8 Å². The summed E-state index contributed by atoms with van der Waals surface area (Å²) in [4.78, 5) is 24.5. The van der Waals surface area contributed by atoms with Crippen molar-refractivity contribution in [3.05, 3.63) is 84.8 Å². The average molecular weight is 597 g/mol. The van der Waals surface area contributed by atoms with Crippen molar-refractivity contribution in [1.82, 2.24) is 0 Å². The second kappa shape index (κ2) is 10.7. The first-order valence-electron chi connectivity index (χ1n) is 10.0. The zero-order valence-corrected chi connectivity index (χ0v) is 22.0. The Balaban J connectivity index is 2.13. The van der Waals surface area contributed by atoms with Gasteiger partial charge >= 0.3 is 5.97 Å². The molecule has 0 saturated heterocycles. The summed E-state index contributed by atoms with van der Waals surface area (Å²) < 4.78 is 12.9. The molecule has 0 fully saturated rings. The van der Waals surface area contributed by atoms with Crippen molar-refractivity contribution < 1.29 is 24.2 Å². The maximum atomic E-state index is 13.4. The van der Waals surface area contributed by atoms with Gasteiger partial charge in [0, 0.05) is 16.1 Å². The Hall–Kier alpha value is -2.35. The Morgan fingerprint density at radius 1 is 1.00 bits per heavy atom. The highest BCUT2D eigenvalue weighted by molar-refractivity contribution is 9.11. The normalized spacial score (nSPS) is 10.9. The molecule has 0 aliphatic rings. The van der Waals surface area contributed by atoms with Gasteiger partial charge in [0.2, 0.25) is 0 Å². The highest BCUT2D eigenvalue weighted by Gasteiger charge is 2.22. The van der Waals surface area contributed by atoms with Crippen LogP contribution in [0.1, 0.15) is 46.8 Å². The van der Waals surface area contributed by atoms with Crippen LogP contribution in [0.3, 0.4) is 0 Å². The zero-order chi connectivity index (χ0) is 24.3. The van der Waals surface area contributed by atoms with Crippen molar-refractivity contribution in [2.45, 2.75) is 26.2 Å². The molecule has 172 valence electrons. The lowest BCUT2D eigenvalue weighted by molar-refractivity contribution is -0.136. The molecule has 3 rings (SSSR count). The van der Waals surface area contributed by atoms with E-state index in [1.54, 1.807) is 55.6 Å². The Labute approximate surface area is 213 Å². The third kappa shape index (κ3) is 5.96. The van der Waals surface area contributed by atoms with Crippen LogP contribution in [0.25, 0.3) is 0 Å². The van der Waals surface area contributed by atoms with Crippen LogP contribution in [-0.2, 0) is 11.2 Å². The molecule has 0 aliphatic heterocycles. The average Bonchev–Trinajstić information content (AvgIpc) is 2.75. The number of benzene rings is 3. The summed E-state index contributed by atoms with van der Waals surface area (Å²) in [6.07, 6.45) is -0.127. The molecule has 1 N–H and O–H groups in total. The van der Waals surface area contributed by atoms with Crippen LogP contribution in [-0.4, -0.2) is 24.0 Å². The lowest BCUT2D eigenvalue weighted by Gasteiger charge is -2.19.